The molecule has 3 aromatic carbocycles. The number of anilines is 1. The number of unbranched alkanes of at least 4 members (excludes halogenated alkanes) is 1. The van der Waals surface area contributed by atoms with E-state index in [9.17, 15) is 21.4 Å². The summed E-state index contributed by atoms with van der Waals surface area (Å²) in [5, 5.41) is 1.88. The van der Waals surface area contributed by atoms with Crippen molar-refractivity contribution >= 4 is 67.1 Å². The summed E-state index contributed by atoms with van der Waals surface area (Å²) in [6.45, 7) is 0.433. The van der Waals surface area contributed by atoms with Gasteiger partial charge in [-0.15, -0.1) is 0 Å². The topological polar surface area (TPSA) is 134 Å². The maximum absolute atomic E-state index is 12.0. The van der Waals surface area contributed by atoms with Crippen LogP contribution in [0.15, 0.2) is 72.6 Å². The summed E-state index contributed by atoms with van der Waals surface area (Å²) in [4.78, 5) is 1.90. The number of benzene rings is 3. The van der Waals surface area contributed by atoms with Gasteiger partial charge in [-0.3, -0.25) is 0 Å². The molecule has 40 heavy (non-hydrogen) atoms. The van der Waals surface area contributed by atoms with Gasteiger partial charge in [-0.25, -0.2) is 0 Å². The van der Waals surface area contributed by atoms with Crippen LogP contribution < -0.4 is 18.9 Å². The van der Waals surface area contributed by atoms with Gasteiger partial charge in [0.25, 0.3) is 0 Å². The first-order chi connectivity index (χ1) is 19.0. The molecule has 0 unspecified atom stereocenters. The average Bonchev–Trinajstić information content (AvgIpc) is 3.42. The summed E-state index contributed by atoms with van der Waals surface area (Å²) < 4.78 is 79.8. The van der Waals surface area contributed by atoms with Gasteiger partial charge < -0.3 is 0 Å². The zero-order chi connectivity index (χ0) is 28.5. The van der Waals surface area contributed by atoms with Crippen LogP contribution in [0, 0.1) is 0 Å². The number of allylic oxidation sites excluding steroid dienone is 2. The Hall–Kier alpha value is -3.19. The van der Waals surface area contributed by atoms with E-state index in [2.05, 4.69) is 0 Å². The van der Waals surface area contributed by atoms with Crippen molar-refractivity contribution in [3.63, 3.8) is 0 Å². The van der Waals surface area contributed by atoms with Gasteiger partial charge in [0, 0.05) is 0 Å². The molecule has 0 fully saturated rings. The first kappa shape index (κ1) is 28.3. The van der Waals surface area contributed by atoms with Crippen molar-refractivity contribution in [3.05, 3.63) is 77.2 Å². The van der Waals surface area contributed by atoms with Crippen LogP contribution in [0.1, 0.15) is 17.4 Å². The molecule has 0 saturated carbocycles. The molecular weight excluding hydrogens is 623 g/mol. The van der Waals surface area contributed by atoms with Gasteiger partial charge in [0.15, 0.2) is 0 Å². The number of hydrogen-bond donors (Lipinski definition) is 2. The van der Waals surface area contributed by atoms with Gasteiger partial charge in [0.1, 0.15) is 0 Å². The molecule has 210 valence electrons. The molecule has 5 rings (SSSR count). The van der Waals surface area contributed by atoms with Crippen molar-refractivity contribution in [1.29, 1.82) is 0 Å². The van der Waals surface area contributed by atoms with Crippen molar-refractivity contribution in [1.82, 2.24) is 0 Å². The Kier molecular flexibility index (Phi) is 8.05. The Bertz CT molecular complexity index is 1860. The fourth-order valence-corrected chi connectivity index (χ4v) is 8.26. The molecule has 0 atom stereocenters. The van der Waals surface area contributed by atoms with Crippen molar-refractivity contribution in [2.24, 2.45) is 0 Å². The maximum atomic E-state index is 12.0. The summed E-state index contributed by atoms with van der Waals surface area (Å²) in [5.41, 5.74) is 1.54. The Morgan fingerprint density at radius 2 is 1.82 bits per heavy atom. The minimum absolute atomic E-state index is 0.207. The number of methoxy groups -OCH3 is 1. The molecule has 4 aromatic rings. The van der Waals surface area contributed by atoms with E-state index < -0.39 is 26.1 Å². The zero-order valence-corrected chi connectivity index (χ0v) is 24.8. The summed E-state index contributed by atoms with van der Waals surface area (Å²) in [5.74, 6) is 0.858. The van der Waals surface area contributed by atoms with Crippen LogP contribution in [-0.4, -0.2) is 59.9 Å². The third kappa shape index (κ3) is 6.41. The second-order valence-electron chi connectivity index (χ2n) is 9.16. The SMILES string of the molecule is COc1ccc2c(c1)N(CCCCS(=O)(=O)O)/C(=C/C=C/c1[se]c3ccc4ccccc4c3[n+]1CS(=O)(=O)O)O2. The molecule has 0 amide bonds. The predicted molar refractivity (Wildman–Crippen MR) is 154 cm³/mol. The Labute approximate surface area is 238 Å². The first-order valence-corrected chi connectivity index (χ1v) is 17.2. The van der Waals surface area contributed by atoms with E-state index in [1.165, 1.54) is 0 Å². The molecule has 2 heterocycles. The van der Waals surface area contributed by atoms with E-state index in [4.69, 9.17) is 14.0 Å². The molecule has 1 aromatic heterocycles. The Balaban J connectivity index is 1.49. The number of fused-ring (bicyclic) bond motifs is 4. The third-order valence-corrected chi connectivity index (χ3v) is 10.1. The quantitative estimate of drug-likeness (QED) is 0.114. The first-order valence-electron chi connectivity index (χ1n) is 12.3. The summed E-state index contributed by atoms with van der Waals surface area (Å²) in [6, 6.07) is 17.1. The monoisotopic (exact) mass is 651 g/mol. The van der Waals surface area contributed by atoms with E-state index in [1.807, 2.05) is 53.4 Å². The predicted octanol–water partition coefficient (Wildman–Crippen LogP) is 3.61. The van der Waals surface area contributed by atoms with Crippen LogP contribution in [0.25, 0.3) is 26.6 Å². The Morgan fingerprint density at radius 1 is 1.02 bits per heavy atom. The number of ether oxygens (including phenoxy) is 2. The standard InChI is InChI=1S/C27H26N2O8S2Se/c1-36-20-12-13-23-22(17-20)28(15-4-5-16-38(30,31)32)25(37-23)9-6-10-26-29(18-39(33,34)35)27-21-8-3-2-7-19(21)11-14-24(27)40-26/h2-3,6-14,17H,4-5,15-16,18H2,1H3,(H-,30,31,32,33,34,35)/p+1. The average molecular weight is 651 g/mol. The van der Waals surface area contributed by atoms with Crippen LogP contribution in [0.2, 0.25) is 0 Å². The van der Waals surface area contributed by atoms with Crippen molar-refractivity contribution < 1.29 is 40.0 Å². The molecule has 0 bridgehead atoms. The summed E-state index contributed by atoms with van der Waals surface area (Å²) >= 11 is -0.207. The number of aromatic nitrogens is 1. The summed E-state index contributed by atoms with van der Waals surface area (Å²) in [7, 11) is -6.79. The molecule has 10 nitrogen and oxygen atoms in total. The number of rotatable bonds is 10. The van der Waals surface area contributed by atoms with Gasteiger partial charge in [-0.05, 0) is 0 Å². The van der Waals surface area contributed by atoms with E-state index in [0.717, 1.165) is 30.8 Å². The molecule has 0 spiro atoms. The van der Waals surface area contributed by atoms with Gasteiger partial charge in [0.2, 0.25) is 0 Å². The van der Waals surface area contributed by atoms with Gasteiger partial charge >= 0.3 is 239 Å². The van der Waals surface area contributed by atoms with E-state index in [1.54, 1.807) is 36.0 Å². The van der Waals surface area contributed by atoms with Crippen LogP contribution >= 0.6 is 0 Å². The minimum atomic E-state index is -4.31. The van der Waals surface area contributed by atoms with Gasteiger partial charge in [-0.2, -0.15) is 0 Å². The Morgan fingerprint density at radius 3 is 2.58 bits per heavy atom. The van der Waals surface area contributed by atoms with Gasteiger partial charge in [-0.1, -0.05) is 0 Å². The molecule has 0 radical (unpaired) electrons. The van der Waals surface area contributed by atoms with Crippen LogP contribution in [0.3, 0.4) is 0 Å². The molecule has 1 aliphatic rings. The fraction of sp³-hybridized carbons (Fsp3) is 0.222. The van der Waals surface area contributed by atoms with Crippen molar-refractivity contribution in [3.8, 4) is 11.5 Å². The van der Waals surface area contributed by atoms with Crippen LogP contribution in [0.4, 0.5) is 5.69 Å². The van der Waals surface area contributed by atoms with Crippen LogP contribution in [-0.2, 0) is 26.1 Å². The molecular formula is C27H27N2O8S2Se+. The number of hydrogen-bond acceptors (Lipinski definition) is 7. The second-order valence-corrected chi connectivity index (χ2v) is 14.4. The molecule has 2 N–H and O–H groups in total. The molecule has 13 heteroatoms. The third-order valence-electron chi connectivity index (χ3n) is 6.36. The van der Waals surface area contributed by atoms with E-state index >= 15 is 0 Å². The molecule has 0 saturated heterocycles. The van der Waals surface area contributed by atoms with Crippen LogP contribution in [0.5, 0.6) is 11.5 Å². The van der Waals surface area contributed by atoms with Gasteiger partial charge in [0.05, 0.1) is 0 Å². The second kappa shape index (κ2) is 11.4. The van der Waals surface area contributed by atoms with Crippen molar-refractivity contribution in [2.45, 2.75) is 18.7 Å². The van der Waals surface area contributed by atoms with E-state index in [-0.39, 0.29) is 26.7 Å². The molecule has 1 aliphatic heterocycles. The van der Waals surface area contributed by atoms with Crippen molar-refractivity contribution in [2.75, 3.05) is 24.3 Å². The zero-order valence-electron chi connectivity index (χ0n) is 21.4. The normalized spacial score (nSPS) is 14.9. The van der Waals surface area contributed by atoms with E-state index in [0.29, 0.717) is 30.3 Å². The molecule has 0 aliphatic carbocycles. The number of nitrogens with zero attached hydrogens (tertiary/aromatic N) is 2. The summed E-state index contributed by atoms with van der Waals surface area (Å²) in [6.07, 6.45) is 6.09. The fourth-order valence-electron chi connectivity index (χ4n) is 4.62.